The topological polar surface area (TPSA) is 29.5 Å². The summed E-state index contributed by atoms with van der Waals surface area (Å²) in [6.45, 7) is 13.6. The highest BCUT2D eigenvalue weighted by atomic mass is 28.4. The second-order valence-corrected chi connectivity index (χ2v) is 16.5. The summed E-state index contributed by atoms with van der Waals surface area (Å²) >= 11 is 0. The summed E-state index contributed by atoms with van der Waals surface area (Å²) in [5.74, 6) is -1.53. The van der Waals surface area contributed by atoms with E-state index >= 15 is 8.78 Å². The molecule has 3 aromatic carbocycles. The maximum absolute atomic E-state index is 15.2. The largest absolute Gasteiger partial charge is 0.543 e. The normalized spacial score (nSPS) is 18.1. The Labute approximate surface area is 215 Å². The first kappa shape index (κ1) is 26.4. The quantitative estimate of drug-likeness (QED) is 0.323. The smallest absolute Gasteiger partial charge is 0.258 e. The molecule has 0 aliphatic heterocycles. The van der Waals surface area contributed by atoms with Gasteiger partial charge in [-0.25, -0.2) is 8.78 Å². The van der Waals surface area contributed by atoms with E-state index < -0.39 is 31.6 Å². The molecule has 192 valence electrons. The van der Waals surface area contributed by atoms with Gasteiger partial charge in [-0.05, 0) is 64.2 Å². The fourth-order valence-corrected chi connectivity index (χ4v) is 11.9. The van der Waals surface area contributed by atoms with Gasteiger partial charge in [0.2, 0.25) is 0 Å². The molecule has 0 unspecified atom stereocenters. The number of benzene rings is 3. The van der Waals surface area contributed by atoms with Gasteiger partial charge in [-0.1, -0.05) is 77.9 Å². The van der Waals surface area contributed by atoms with Gasteiger partial charge in [0.05, 0.1) is 0 Å². The fourth-order valence-electron chi connectivity index (χ4n) is 6.70. The molecule has 2 atom stereocenters. The summed E-state index contributed by atoms with van der Waals surface area (Å²) in [6.07, 6.45) is 1.58. The van der Waals surface area contributed by atoms with Gasteiger partial charge in [-0.15, -0.1) is 0 Å². The van der Waals surface area contributed by atoms with Crippen LogP contribution < -0.4 is 4.43 Å². The van der Waals surface area contributed by atoms with Crippen molar-refractivity contribution in [1.29, 1.82) is 0 Å². The van der Waals surface area contributed by atoms with Crippen molar-refractivity contribution in [2.24, 2.45) is 0 Å². The summed E-state index contributed by atoms with van der Waals surface area (Å²) in [6, 6.07) is 18.1. The lowest BCUT2D eigenvalue weighted by molar-refractivity contribution is 0.440. The lowest BCUT2D eigenvalue weighted by atomic mass is 9.69. The molecule has 0 saturated carbocycles. The predicted octanol–water partition coefficient (Wildman–Crippen LogP) is 9.09. The van der Waals surface area contributed by atoms with Crippen LogP contribution in [0.2, 0.25) is 16.6 Å². The maximum Gasteiger partial charge on any atom is 0.258 e. The van der Waals surface area contributed by atoms with Gasteiger partial charge in [-0.3, -0.25) is 0 Å². The third-order valence-corrected chi connectivity index (χ3v) is 14.2. The molecule has 1 N–H and O–H groups in total. The van der Waals surface area contributed by atoms with E-state index in [1.165, 1.54) is 0 Å². The van der Waals surface area contributed by atoms with Crippen LogP contribution >= 0.6 is 0 Å². The molecule has 0 fully saturated rings. The van der Waals surface area contributed by atoms with Crippen molar-refractivity contribution in [2.75, 3.05) is 0 Å². The van der Waals surface area contributed by atoms with Crippen molar-refractivity contribution in [3.8, 4) is 11.5 Å². The minimum atomic E-state index is -2.13. The van der Waals surface area contributed by atoms with Crippen LogP contribution in [0.1, 0.15) is 82.1 Å². The van der Waals surface area contributed by atoms with Gasteiger partial charge in [0.25, 0.3) is 8.32 Å². The van der Waals surface area contributed by atoms with Gasteiger partial charge in [0.15, 0.2) is 0 Å². The van der Waals surface area contributed by atoms with Crippen LogP contribution in [0.4, 0.5) is 8.78 Å². The zero-order valence-corrected chi connectivity index (χ0v) is 23.2. The van der Waals surface area contributed by atoms with Crippen LogP contribution in [0.3, 0.4) is 0 Å². The van der Waals surface area contributed by atoms with Crippen molar-refractivity contribution in [3.63, 3.8) is 0 Å². The number of aromatic hydroxyl groups is 1. The number of halogens is 2. The van der Waals surface area contributed by atoms with Gasteiger partial charge in [0.1, 0.15) is 23.1 Å². The molecule has 0 amide bonds. The van der Waals surface area contributed by atoms with E-state index in [4.69, 9.17) is 4.43 Å². The standard InChI is InChI=1S/C31H38F2O2Si/c1-19(2)36(20(3)4,21(5)6)35-25-13-15-27-23(16-25)12-14-26(22-10-8-7-9-11-22)30(27)31-28(32)17-24(34)18-29(31)33/h7-11,13,15-21,26,30,34H,12,14H2,1-6H3/t26-,30+/m1/s1. The van der Waals surface area contributed by atoms with Crippen LogP contribution in [-0.2, 0) is 6.42 Å². The van der Waals surface area contributed by atoms with Crippen LogP contribution in [-0.4, -0.2) is 13.4 Å². The molecule has 5 heteroatoms. The maximum atomic E-state index is 15.2. The van der Waals surface area contributed by atoms with E-state index in [-0.39, 0.29) is 11.5 Å². The Balaban J connectivity index is 1.83. The first-order valence-electron chi connectivity index (χ1n) is 13.1. The van der Waals surface area contributed by atoms with Crippen molar-refractivity contribution in [1.82, 2.24) is 0 Å². The highest BCUT2D eigenvalue weighted by Crippen LogP contribution is 2.49. The minimum absolute atomic E-state index is 0.0199. The Morgan fingerprint density at radius 1 is 0.833 bits per heavy atom. The number of phenols is 1. The lowest BCUT2D eigenvalue weighted by Gasteiger charge is -2.42. The number of hydrogen-bond acceptors (Lipinski definition) is 2. The molecule has 36 heavy (non-hydrogen) atoms. The average molecular weight is 509 g/mol. The third-order valence-electron chi connectivity index (χ3n) is 8.18. The monoisotopic (exact) mass is 508 g/mol. The van der Waals surface area contributed by atoms with Crippen molar-refractivity contribution in [2.45, 2.75) is 82.8 Å². The number of rotatable bonds is 7. The summed E-state index contributed by atoms with van der Waals surface area (Å²) in [7, 11) is -2.13. The third kappa shape index (κ3) is 4.70. The molecule has 0 saturated heterocycles. The summed E-state index contributed by atoms with van der Waals surface area (Å²) in [5.41, 5.74) is 4.43. The Morgan fingerprint density at radius 3 is 1.97 bits per heavy atom. The fraction of sp³-hybridized carbons (Fsp3) is 0.419. The van der Waals surface area contributed by atoms with Gasteiger partial charge < -0.3 is 9.53 Å². The molecule has 0 spiro atoms. The molecular weight excluding hydrogens is 470 g/mol. The number of aryl methyl sites for hydroxylation is 1. The van der Waals surface area contributed by atoms with Gasteiger partial charge >= 0.3 is 0 Å². The van der Waals surface area contributed by atoms with E-state index in [2.05, 4.69) is 47.6 Å². The molecule has 3 aromatic rings. The van der Waals surface area contributed by atoms with Crippen LogP contribution in [0, 0.1) is 11.6 Å². The van der Waals surface area contributed by atoms with E-state index in [9.17, 15) is 5.11 Å². The van der Waals surface area contributed by atoms with Crippen molar-refractivity contribution >= 4 is 8.32 Å². The molecule has 0 radical (unpaired) electrons. The van der Waals surface area contributed by atoms with E-state index in [0.29, 0.717) is 16.6 Å². The predicted molar refractivity (Wildman–Crippen MR) is 145 cm³/mol. The highest BCUT2D eigenvalue weighted by molar-refractivity contribution is 6.78. The average Bonchev–Trinajstić information content (AvgIpc) is 2.81. The molecule has 0 heterocycles. The number of phenolic OH excluding ortho intramolecular Hbond substituents is 1. The van der Waals surface area contributed by atoms with E-state index in [1.54, 1.807) is 0 Å². The minimum Gasteiger partial charge on any atom is -0.543 e. The van der Waals surface area contributed by atoms with Crippen LogP contribution in [0.25, 0.3) is 0 Å². The van der Waals surface area contributed by atoms with Crippen LogP contribution in [0.15, 0.2) is 60.7 Å². The Hall–Kier alpha value is -2.66. The lowest BCUT2D eigenvalue weighted by Crippen LogP contribution is -2.50. The van der Waals surface area contributed by atoms with Crippen molar-refractivity contribution in [3.05, 3.63) is 94.6 Å². The zero-order valence-electron chi connectivity index (χ0n) is 22.2. The second kappa shape index (κ2) is 10.4. The van der Waals surface area contributed by atoms with Crippen LogP contribution in [0.5, 0.6) is 11.5 Å². The van der Waals surface area contributed by atoms with Gasteiger partial charge in [0, 0.05) is 23.6 Å². The Morgan fingerprint density at radius 2 is 1.42 bits per heavy atom. The first-order valence-corrected chi connectivity index (χ1v) is 15.2. The number of hydrogen-bond donors (Lipinski definition) is 1. The van der Waals surface area contributed by atoms with Crippen molar-refractivity contribution < 1.29 is 18.3 Å². The van der Waals surface area contributed by atoms with E-state index in [0.717, 1.165) is 47.4 Å². The molecule has 1 aliphatic rings. The molecule has 0 aromatic heterocycles. The molecule has 0 bridgehead atoms. The first-order chi connectivity index (χ1) is 17.1. The Kier molecular flexibility index (Phi) is 7.61. The SMILES string of the molecule is CC(C)[Si](Oc1ccc2c(c1)CC[C@H](c1ccccc1)[C@@H]2c1c(F)cc(O)cc1F)(C(C)C)C(C)C. The molecule has 4 rings (SSSR count). The second-order valence-electron chi connectivity index (χ2n) is 11.1. The summed E-state index contributed by atoms with van der Waals surface area (Å²) in [5, 5.41) is 9.78. The highest BCUT2D eigenvalue weighted by Gasteiger charge is 2.47. The Bertz CT molecular complexity index is 1160. The van der Waals surface area contributed by atoms with Gasteiger partial charge in [-0.2, -0.15) is 0 Å². The zero-order chi connectivity index (χ0) is 26.2. The van der Waals surface area contributed by atoms with E-state index in [1.807, 2.05) is 42.5 Å². The molecular formula is C31H38F2O2Si. The summed E-state index contributed by atoms with van der Waals surface area (Å²) in [4.78, 5) is 0. The number of fused-ring (bicyclic) bond motifs is 1. The summed E-state index contributed by atoms with van der Waals surface area (Å²) < 4.78 is 37.4. The molecule has 2 nitrogen and oxygen atoms in total. The molecule has 1 aliphatic carbocycles.